The largest absolute Gasteiger partial charge is 0.511 e. The molecule has 1 heterocycles. The van der Waals surface area contributed by atoms with Crippen molar-refractivity contribution in [2.45, 2.75) is 116 Å². The topological polar surface area (TPSA) is 118 Å². The second kappa shape index (κ2) is 10.9. The third kappa shape index (κ3) is 7.00. The summed E-state index contributed by atoms with van der Waals surface area (Å²) in [5.41, 5.74) is -2.41. The van der Waals surface area contributed by atoms with E-state index in [2.05, 4.69) is 15.2 Å². The van der Waals surface area contributed by atoms with Crippen LogP contribution in [0.3, 0.4) is 0 Å². The predicted octanol–water partition coefficient (Wildman–Crippen LogP) is 3.77. The number of carbonyl (C=O) groups is 1. The first-order valence-corrected chi connectivity index (χ1v) is 13.5. The second-order valence-corrected chi connectivity index (χ2v) is 13.4. The molecule has 1 aromatic carbocycles. The van der Waals surface area contributed by atoms with E-state index in [0.717, 1.165) is 5.56 Å². The lowest BCUT2D eigenvalue weighted by Gasteiger charge is -2.52. The number of aliphatic hydroxyl groups is 3. The van der Waals surface area contributed by atoms with Gasteiger partial charge in [-0.2, -0.15) is 0 Å². The van der Waals surface area contributed by atoms with Gasteiger partial charge in [0.05, 0.1) is 23.4 Å². The van der Waals surface area contributed by atoms with Crippen LogP contribution in [0.15, 0.2) is 46.7 Å². The van der Waals surface area contributed by atoms with Gasteiger partial charge in [-0.1, -0.05) is 44.2 Å². The summed E-state index contributed by atoms with van der Waals surface area (Å²) in [5.74, 6) is -0.268. The molecular formula is C29H42NO7Si. The molecule has 5 atom stereocenters. The van der Waals surface area contributed by atoms with Crippen LogP contribution in [0.2, 0.25) is 0 Å². The first-order valence-electron chi connectivity index (χ1n) is 13.0. The Balaban J connectivity index is 2.02. The van der Waals surface area contributed by atoms with Crippen molar-refractivity contribution in [3.05, 3.63) is 47.2 Å². The molecule has 1 aliphatic carbocycles. The summed E-state index contributed by atoms with van der Waals surface area (Å²) in [6.07, 6.45) is -3.24. The van der Waals surface area contributed by atoms with Gasteiger partial charge in [0.25, 0.3) is 0 Å². The van der Waals surface area contributed by atoms with E-state index in [-0.39, 0.29) is 41.3 Å². The summed E-state index contributed by atoms with van der Waals surface area (Å²) in [5, 5.41) is 33.3. The molecule has 1 fully saturated rings. The number of hydrogen-bond acceptors (Lipinski definition) is 8. The molecule has 3 radical (unpaired) electrons. The molecule has 1 aliphatic heterocycles. The summed E-state index contributed by atoms with van der Waals surface area (Å²) in [6, 6.07) is 8.26. The Morgan fingerprint density at radius 1 is 1.11 bits per heavy atom. The summed E-state index contributed by atoms with van der Waals surface area (Å²) in [6.45, 7) is 14.8. The zero-order valence-electron chi connectivity index (χ0n) is 23.7. The Morgan fingerprint density at radius 3 is 2.26 bits per heavy atom. The minimum atomic E-state index is -1.69. The van der Waals surface area contributed by atoms with E-state index in [0.29, 0.717) is 6.42 Å². The number of ketones is 1. The Morgan fingerprint density at radius 2 is 1.71 bits per heavy atom. The first kappa shape index (κ1) is 30.7. The average molecular weight is 545 g/mol. The Labute approximate surface area is 229 Å². The molecule has 209 valence electrons. The van der Waals surface area contributed by atoms with E-state index in [4.69, 9.17) is 14.2 Å². The number of hydrogen-bond donors (Lipinski definition) is 3. The van der Waals surface area contributed by atoms with Crippen LogP contribution in [-0.4, -0.2) is 78.0 Å². The molecule has 3 rings (SSSR count). The highest BCUT2D eigenvalue weighted by Crippen LogP contribution is 2.40. The van der Waals surface area contributed by atoms with Crippen molar-refractivity contribution < 1.29 is 34.3 Å². The Hall–Kier alpha value is -1.88. The highest BCUT2D eigenvalue weighted by molar-refractivity contribution is 6.22. The van der Waals surface area contributed by atoms with E-state index in [1.165, 1.54) is 0 Å². The maximum absolute atomic E-state index is 12.9. The first-order chi connectivity index (χ1) is 17.4. The van der Waals surface area contributed by atoms with Crippen molar-refractivity contribution in [1.82, 2.24) is 0 Å². The molecule has 0 bridgehead atoms. The fraction of sp³-hybridized carbons (Fsp3) is 0.655. The molecule has 1 aromatic rings. The molecule has 0 spiro atoms. The van der Waals surface area contributed by atoms with Crippen molar-refractivity contribution in [3.8, 4) is 0 Å². The molecular weight excluding hydrogens is 502 g/mol. The van der Waals surface area contributed by atoms with Crippen molar-refractivity contribution >= 4 is 21.7 Å². The van der Waals surface area contributed by atoms with Gasteiger partial charge in [0, 0.05) is 18.6 Å². The van der Waals surface area contributed by atoms with Crippen LogP contribution < -0.4 is 0 Å². The lowest BCUT2D eigenvalue weighted by Crippen LogP contribution is -2.69. The number of benzene rings is 1. The molecule has 0 aromatic heterocycles. The van der Waals surface area contributed by atoms with E-state index in [1.807, 2.05) is 65.0 Å². The fourth-order valence-electron chi connectivity index (χ4n) is 5.34. The number of Topliss-reactive ketones (excluding diaryl/α,β-unsaturated/α-hetero) is 1. The van der Waals surface area contributed by atoms with Crippen LogP contribution in [0.5, 0.6) is 0 Å². The minimum Gasteiger partial charge on any atom is -0.511 e. The van der Waals surface area contributed by atoms with Crippen molar-refractivity contribution in [1.29, 1.82) is 0 Å². The molecule has 38 heavy (non-hydrogen) atoms. The van der Waals surface area contributed by atoms with Crippen LogP contribution >= 0.6 is 0 Å². The van der Waals surface area contributed by atoms with E-state index in [1.54, 1.807) is 20.8 Å². The summed E-state index contributed by atoms with van der Waals surface area (Å²) < 4.78 is 18.8. The maximum atomic E-state index is 12.9. The van der Waals surface area contributed by atoms with Gasteiger partial charge in [0.1, 0.15) is 40.4 Å². The molecule has 3 N–H and O–H groups in total. The monoisotopic (exact) mass is 544 g/mol. The van der Waals surface area contributed by atoms with Crippen LogP contribution in [0.25, 0.3) is 0 Å². The zero-order chi connectivity index (χ0) is 28.7. The van der Waals surface area contributed by atoms with Gasteiger partial charge in [-0.25, -0.2) is 0 Å². The van der Waals surface area contributed by atoms with Gasteiger partial charge in [0.15, 0.2) is 11.2 Å². The maximum Gasteiger partial charge on any atom is 0.169 e. The Bertz CT molecular complexity index is 1080. The number of ether oxygens (including phenoxy) is 3. The highest BCUT2D eigenvalue weighted by atomic mass is 28.1. The molecule has 9 heteroatoms. The fourth-order valence-corrected chi connectivity index (χ4v) is 5.77. The zero-order valence-corrected chi connectivity index (χ0v) is 24.7. The Kier molecular flexibility index (Phi) is 8.83. The number of aliphatic hydroxyl groups excluding tert-OH is 3. The lowest BCUT2D eigenvalue weighted by atomic mass is 9.75. The number of aliphatic imine (C=N–C) groups is 1. The molecule has 0 amide bonds. The van der Waals surface area contributed by atoms with Gasteiger partial charge in [-0.3, -0.25) is 9.79 Å². The van der Waals surface area contributed by atoms with Crippen molar-refractivity contribution in [2.75, 3.05) is 0 Å². The van der Waals surface area contributed by atoms with Gasteiger partial charge in [0.2, 0.25) is 0 Å². The van der Waals surface area contributed by atoms with Crippen LogP contribution in [0.4, 0.5) is 0 Å². The number of nitrogens with zero attached hydrogens (tertiary/aromatic N) is 1. The molecule has 1 saturated heterocycles. The summed E-state index contributed by atoms with van der Waals surface area (Å²) in [4.78, 5) is 17.6. The second-order valence-electron chi connectivity index (χ2n) is 12.7. The number of carbonyl (C=O) groups excluding carboxylic acids is 1. The SMILES string of the molecule is CC(=N[C@@H]1[C@@H](O)[C@H](O)[C@@H](C(C)(C)OC(C)(C)C)O[C@]1([Si])OCc1ccccc1)C1=C(O)CC(C)(C)CC1=O. The highest BCUT2D eigenvalue weighted by Gasteiger charge is 2.57. The molecule has 0 unspecified atom stereocenters. The standard InChI is InChI=1S/C29H42NO7Si/c1-17(21-19(31)14-27(5,6)15-20(21)32)30-24-22(33)23(34)25(28(7,8)37-26(2,3)4)36-29(24,38)35-16-18-12-10-9-11-13-18/h9-13,22-25,31,33-34H,14-16H2,1-8H3/t22-,23-,24+,25-,29+/m0/s1. The van der Waals surface area contributed by atoms with Gasteiger partial charge in [-0.15, -0.1) is 0 Å². The summed E-state index contributed by atoms with van der Waals surface area (Å²) in [7, 11) is 3.63. The van der Waals surface area contributed by atoms with Crippen LogP contribution in [-0.2, 0) is 25.6 Å². The third-order valence-electron chi connectivity index (χ3n) is 6.77. The quantitative estimate of drug-likeness (QED) is 0.353. The normalized spacial score (nSPS) is 31.0. The average Bonchev–Trinajstić information content (AvgIpc) is 2.75. The molecule has 2 aliphatic rings. The smallest absolute Gasteiger partial charge is 0.169 e. The molecule has 0 saturated carbocycles. The van der Waals surface area contributed by atoms with E-state index in [9.17, 15) is 20.1 Å². The van der Waals surface area contributed by atoms with Crippen LogP contribution in [0.1, 0.15) is 73.8 Å². The predicted molar refractivity (Wildman–Crippen MR) is 146 cm³/mol. The lowest BCUT2D eigenvalue weighted by molar-refractivity contribution is -0.327. The minimum absolute atomic E-state index is 0.0402. The van der Waals surface area contributed by atoms with Crippen molar-refractivity contribution in [3.63, 3.8) is 0 Å². The van der Waals surface area contributed by atoms with Gasteiger partial charge in [-0.05, 0) is 52.5 Å². The van der Waals surface area contributed by atoms with E-state index < -0.39 is 41.0 Å². The molecule has 8 nitrogen and oxygen atoms in total. The van der Waals surface area contributed by atoms with Gasteiger partial charge < -0.3 is 29.5 Å². The van der Waals surface area contributed by atoms with Crippen molar-refractivity contribution in [2.24, 2.45) is 10.4 Å². The van der Waals surface area contributed by atoms with Gasteiger partial charge >= 0.3 is 0 Å². The van der Waals surface area contributed by atoms with Crippen LogP contribution in [0, 0.1) is 5.41 Å². The number of rotatable bonds is 7. The number of allylic oxidation sites excluding steroid dienone is 2. The summed E-state index contributed by atoms with van der Waals surface area (Å²) >= 11 is 0. The third-order valence-corrected chi connectivity index (χ3v) is 7.33. The van der Waals surface area contributed by atoms with E-state index >= 15 is 0 Å².